The number of rotatable bonds is 5. The molecule has 12 aromatic rings. The van der Waals surface area contributed by atoms with E-state index in [1.165, 1.54) is 43.4 Å². The molecule has 59 heavy (non-hydrogen) atoms. The molecule has 10 aromatic carbocycles. The molecule has 0 unspecified atom stereocenters. The summed E-state index contributed by atoms with van der Waals surface area (Å²) < 4.78 is 2.49. The maximum atomic E-state index is 5.37. The molecule has 2 heterocycles. The van der Waals surface area contributed by atoms with Crippen LogP contribution in [0.4, 0.5) is 0 Å². The molecular weight excluding hydrogens is 717 g/mol. The van der Waals surface area contributed by atoms with Gasteiger partial charge in [-0.25, -0.2) is 15.0 Å². The first kappa shape index (κ1) is 33.2. The Labute approximate surface area is 340 Å². The van der Waals surface area contributed by atoms with Crippen molar-refractivity contribution in [1.29, 1.82) is 0 Å². The monoisotopic (exact) mass is 750 g/mol. The minimum Gasteiger partial charge on any atom is -0.308 e. The molecule has 0 bridgehead atoms. The van der Waals surface area contributed by atoms with Gasteiger partial charge in [0, 0.05) is 43.6 Å². The minimum absolute atomic E-state index is 0.625. The molecule has 0 aliphatic heterocycles. The van der Waals surface area contributed by atoms with Crippen LogP contribution in [0.5, 0.6) is 0 Å². The zero-order chi connectivity index (χ0) is 38.9. The average Bonchev–Trinajstić information content (AvgIpc) is 3.63. The second-order valence-electron chi connectivity index (χ2n) is 15.2. The maximum Gasteiger partial charge on any atom is 0.164 e. The predicted octanol–water partition coefficient (Wildman–Crippen LogP) is 14.2. The lowest BCUT2D eigenvalue weighted by molar-refractivity contribution is 1.08. The van der Waals surface area contributed by atoms with Crippen molar-refractivity contribution in [2.75, 3.05) is 0 Å². The molecule has 0 aliphatic carbocycles. The van der Waals surface area contributed by atoms with Crippen LogP contribution in [0, 0.1) is 0 Å². The molecule has 0 saturated carbocycles. The quantitative estimate of drug-likeness (QED) is 0.176. The van der Waals surface area contributed by atoms with Crippen LogP contribution in [-0.2, 0) is 0 Å². The summed E-state index contributed by atoms with van der Waals surface area (Å²) in [5, 5.41) is 11.7. The summed E-state index contributed by atoms with van der Waals surface area (Å²) in [6.45, 7) is 0. The molecule has 0 saturated heterocycles. The van der Waals surface area contributed by atoms with Crippen molar-refractivity contribution < 1.29 is 0 Å². The van der Waals surface area contributed by atoms with Crippen molar-refractivity contribution in [1.82, 2.24) is 19.5 Å². The van der Waals surface area contributed by atoms with E-state index in [1.54, 1.807) is 0 Å². The number of nitrogens with zero attached hydrogens (tertiary/aromatic N) is 4. The van der Waals surface area contributed by atoms with E-state index in [2.05, 4.69) is 193 Å². The van der Waals surface area contributed by atoms with E-state index in [1.807, 2.05) is 18.2 Å². The predicted molar refractivity (Wildman–Crippen MR) is 246 cm³/mol. The molecule has 0 fully saturated rings. The van der Waals surface area contributed by atoms with Gasteiger partial charge in [0.2, 0.25) is 0 Å². The Bertz CT molecular complexity index is 3600. The van der Waals surface area contributed by atoms with Crippen LogP contribution in [-0.4, -0.2) is 19.5 Å². The van der Waals surface area contributed by atoms with Gasteiger partial charge in [0.1, 0.15) is 0 Å². The second kappa shape index (κ2) is 13.3. The number of fused-ring (bicyclic) bond motifs is 8. The van der Waals surface area contributed by atoms with Crippen molar-refractivity contribution in [2.24, 2.45) is 0 Å². The van der Waals surface area contributed by atoms with Gasteiger partial charge in [0.05, 0.1) is 16.7 Å². The standard InChI is InChI=1S/C55H34N4/c1-3-15-36(16-4-1)42-26-14-28-46-49(59-50-34-40-22-8-7-21-39(40)33-48(50)44-30-29-37-18-10-12-25-43(37)52(44)59)32-31-47(51(42)46)55-57-53(38-19-5-2-6-20-38)56-54(58-55)45-27-13-23-35-17-9-11-24-41(35)45/h1-34H. The number of aromatic nitrogens is 4. The Morgan fingerprint density at radius 1 is 0.305 bits per heavy atom. The fraction of sp³-hybridized carbons (Fsp3) is 0. The molecule has 4 heteroatoms. The first-order valence-corrected chi connectivity index (χ1v) is 20.0. The van der Waals surface area contributed by atoms with Gasteiger partial charge in [-0.05, 0) is 62.3 Å². The highest BCUT2D eigenvalue weighted by atomic mass is 15.0. The van der Waals surface area contributed by atoms with Crippen LogP contribution in [0.1, 0.15) is 0 Å². The van der Waals surface area contributed by atoms with E-state index >= 15 is 0 Å². The highest BCUT2D eigenvalue weighted by molar-refractivity contribution is 6.22. The number of benzene rings is 10. The molecule has 274 valence electrons. The lowest BCUT2D eigenvalue weighted by Gasteiger charge is -2.18. The van der Waals surface area contributed by atoms with Crippen LogP contribution >= 0.6 is 0 Å². The van der Waals surface area contributed by atoms with Crippen molar-refractivity contribution in [3.8, 4) is 51.0 Å². The normalized spacial score (nSPS) is 11.7. The van der Waals surface area contributed by atoms with Gasteiger partial charge in [-0.2, -0.15) is 0 Å². The Morgan fingerprint density at radius 3 is 1.64 bits per heavy atom. The van der Waals surface area contributed by atoms with E-state index in [0.29, 0.717) is 17.5 Å². The molecule has 0 atom stereocenters. The Hall–Kier alpha value is -7.95. The highest BCUT2D eigenvalue weighted by Crippen LogP contribution is 2.44. The van der Waals surface area contributed by atoms with Crippen LogP contribution in [0.3, 0.4) is 0 Å². The third-order valence-electron chi connectivity index (χ3n) is 11.8. The van der Waals surface area contributed by atoms with E-state index in [9.17, 15) is 0 Å². The zero-order valence-corrected chi connectivity index (χ0v) is 31.9. The summed E-state index contributed by atoms with van der Waals surface area (Å²) in [7, 11) is 0. The van der Waals surface area contributed by atoms with Crippen LogP contribution < -0.4 is 0 Å². The Balaban J connectivity index is 1.21. The molecule has 2 aromatic heterocycles. The van der Waals surface area contributed by atoms with Gasteiger partial charge in [-0.3, -0.25) is 0 Å². The molecule has 0 aliphatic rings. The van der Waals surface area contributed by atoms with Gasteiger partial charge >= 0.3 is 0 Å². The van der Waals surface area contributed by atoms with E-state index in [0.717, 1.165) is 55.0 Å². The molecule has 0 amide bonds. The Kier molecular flexibility index (Phi) is 7.50. The Morgan fingerprint density at radius 2 is 0.864 bits per heavy atom. The van der Waals surface area contributed by atoms with Gasteiger partial charge in [-0.1, -0.05) is 182 Å². The van der Waals surface area contributed by atoms with Gasteiger partial charge in [0.25, 0.3) is 0 Å². The fourth-order valence-electron chi connectivity index (χ4n) is 9.10. The van der Waals surface area contributed by atoms with Crippen LogP contribution in [0.25, 0.3) is 116 Å². The van der Waals surface area contributed by atoms with Crippen LogP contribution in [0.2, 0.25) is 0 Å². The smallest absolute Gasteiger partial charge is 0.164 e. The second-order valence-corrected chi connectivity index (χ2v) is 15.2. The van der Waals surface area contributed by atoms with Gasteiger partial charge < -0.3 is 4.57 Å². The SMILES string of the molecule is c1ccc(-c2nc(-c3cccc4ccccc34)nc(-c3ccc(-n4c5cc6ccccc6cc5c5ccc6ccccc6c54)c4cccc(-c5ccccc5)c34)n2)cc1. The summed E-state index contributed by atoms with van der Waals surface area (Å²) in [6.07, 6.45) is 0. The first-order chi connectivity index (χ1) is 29.3. The largest absolute Gasteiger partial charge is 0.308 e. The van der Waals surface area contributed by atoms with Crippen molar-refractivity contribution in [3.63, 3.8) is 0 Å². The molecular formula is C55H34N4. The van der Waals surface area contributed by atoms with Crippen LogP contribution in [0.15, 0.2) is 206 Å². The minimum atomic E-state index is 0.625. The lowest BCUT2D eigenvalue weighted by Crippen LogP contribution is -2.03. The number of hydrogen-bond donors (Lipinski definition) is 0. The van der Waals surface area contributed by atoms with Crippen molar-refractivity contribution >= 4 is 64.9 Å². The molecule has 0 spiro atoms. The van der Waals surface area contributed by atoms with E-state index in [4.69, 9.17) is 15.0 Å². The van der Waals surface area contributed by atoms with Gasteiger partial charge in [0.15, 0.2) is 17.5 Å². The number of hydrogen-bond acceptors (Lipinski definition) is 3. The van der Waals surface area contributed by atoms with Crippen molar-refractivity contribution in [2.45, 2.75) is 0 Å². The molecule has 0 radical (unpaired) electrons. The lowest BCUT2D eigenvalue weighted by atomic mass is 9.93. The zero-order valence-electron chi connectivity index (χ0n) is 31.9. The summed E-state index contributed by atoms with van der Waals surface area (Å²) >= 11 is 0. The third-order valence-corrected chi connectivity index (χ3v) is 11.8. The maximum absolute atomic E-state index is 5.37. The summed E-state index contributed by atoms with van der Waals surface area (Å²) in [5.74, 6) is 1.90. The first-order valence-electron chi connectivity index (χ1n) is 20.0. The van der Waals surface area contributed by atoms with Gasteiger partial charge in [-0.15, -0.1) is 0 Å². The summed E-state index contributed by atoms with van der Waals surface area (Å²) in [4.78, 5) is 15.8. The van der Waals surface area contributed by atoms with E-state index < -0.39 is 0 Å². The molecule has 4 nitrogen and oxygen atoms in total. The van der Waals surface area contributed by atoms with Crippen molar-refractivity contribution in [3.05, 3.63) is 206 Å². The molecule has 12 rings (SSSR count). The average molecular weight is 751 g/mol. The summed E-state index contributed by atoms with van der Waals surface area (Å²) in [6, 6.07) is 73.5. The molecule has 0 N–H and O–H groups in total. The fourth-order valence-corrected chi connectivity index (χ4v) is 9.10. The topological polar surface area (TPSA) is 43.6 Å². The highest BCUT2D eigenvalue weighted by Gasteiger charge is 2.22. The summed E-state index contributed by atoms with van der Waals surface area (Å²) in [5.41, 5.74) is 8.55. The van der Waals surface area contributed by atoms with E-state index in [-0.39, 0.29) is 0 Å². The third kappa shape index (κ3) is 5.34.